The summed E-state index contributed by atoms with van der Waals surface area (Å²) in [5, 5.41) is 0. The molecular formula is C11H21AlCl4N2. The minimum absolute atomic E-state index is 1.16. The first-order valence-corrected chi connectivity index (χ1v) is 13.3. The van der Waals surface area contributed by atoms with E-state index in [9.17, 15) is 0 Å². The van der Waals surface area contributed by atoms with Crippen LogP contribution in [0.25, 0.3) is 0 Å². The van der Waals surface area contributed by atoms with Gasteiger partial charge in [-0.2, -0.15) is 0 Å². The lowest BCUT2D eigenvalue weighted by molar-refractivity contribution is -0.696. The van der Waals surface area contributed by atoms with Gasteiger partial charge in [0.25, 0.3) is 0 Å². The van der Waals surface area contributed by atoms with Crippen molar-refractivity contribution in [3.05, 3.63) is 18.7 Å². The van der Waals surface area contributed by atoms with Crippen molar-refractivity contribution in [3.8, 4) is 0 Å². The SMILES string of the molecule is CCCCn1cc[n+](CCCC)c1.[Cl][Al-]([Cl])([Cl])[Cl]. The fraction of sp³-hybridized carbons (Fsp3) is 0.727. The average Bonchev–Trinajstić information content (AvgIpc) is 2.69. The molecule has 0 aliphatic rings. The predicted molar refractivity (Wildman–Crippen MR) is 83.6 cm³/mol. The first kappa shape index (κ1) is 18.9. The van der Waals surface area contributed by atoms with Crippen molar-refractivity contribution in [2.75, 3.05) is 0 Å². The minimum atomic E-state index is -2.94. The Balaban J connectivity index is 0.000000494. The summed E-state index contributed by atoms with van der Waals surface area (Å²) in [4.78, 5) is 0. The van der Waals surface area contributed by atoms with E-state index in [1.54, 1.807) is 0 Å². The Morgan fingerprint density at radius 2 is 1.61 bits per heavy atom. The molecule has 2 nitrogen and oxygen atoms in total. The molecule has 1 aromatic heterocycles. The van der Waals surface area contributed by atoms with Crippen LogP contribution in [0.15, 0.2) is 18.7 Å². The van der Waals surface area contributed by atoms with E-state index >= 15 is 0 Å². The van der Waals surface area contributed by atoms with Crippen LogP contribution in [0.2, 0.25) is 0 Å². The van der Waals surface area contributed by atoms with Gasteiger partial charge in [-0.1, -0.05) is 26.7 Å². The van der Waals surface area contributed by atoms with Crippen LogP contribution < -0.4 is 4.57 Å². The minimum Gasteiger partial charge on any atom is -0.391 e. The summed E-state index contributed by atoms with van der Waals surface area (Å²) in [6.07, 6.45) is 11.7. The average molecular weight is 350 g/mol. The highest BCUT2D eigenvalue weighted by Crippen LogP contribution is 2.23. The number of aryl methyl sites for hydroxylation is 2. The number of nitrogens with zero attached hydrogens (tertiary/aromatic N) is 2. The highest BCUT2D eigenvalue weighted by molar-refractivity contribution is 7.81. The van der Waals surface area contributed by atoms with Crippen LogP contribution >= 0.6 is 40.2 Å². The molecule has 0 amide bonds. The van der Waals surface area contributed by atoms with E-state index in [1.807, 2.05) is 0 Å². The normalized spacial score (nSPS) is 11.0. The molecule has 7 heteroatoms. The Morgan fingerprint density at radius 3 is 2.11 bits per heavy atom. The van der Waals surface area contributed by atoms with Gasteiger partial charge in [-0.05, 0) is 12.8 Å². The maximum absolute atomic E-state index is 4.99. The molecule has 106 valence electrons. The molecular weight excluding hydrogens is 329 g/mol. The molecule has 0 radical (unpaired) electrons. The molecule has 0 aliphatic carbocycles. The quantitative estimate of drug-likeness (QED) is 0.517. The van der Waals surface area contributed by atoms with E-state index in [1.165, 1.54) is 25.7 Å². The molecule has 0 aromatic carbocycles. The maximum atomic E-state index is 4.99. The van der Waals surface area contributed by atoms with Crippen LogP contribution in [0.1, 0.15) is 39.5 Å². The number of unbranched alkanes of at least 4 members (excludes halogenated alkanes) is 2. The molecule has 0 aliphatic heterocycles. The smallest absolute Gasteiger partial charge is 0.391 e. The van der Waals surface area contributed by atoms with Gasteiger partial charge in [-0.25, -0.2) is 9.13 Å². The molecule has 0 unspecified atom stereocenters. The molecule has 1 aromatic rings. The molecule has 0 spiro atoms. The number of halogens is 4. The highest BCUT2D eigenvalue weighted by Gasteiger charge is 2.14. The van der Waals surface area contributed by atoms with E-state index in [0.717, 1.165) is 13.1 Å². The molecule has 18 heavy (non-hydrogen) atoms. The van der Waals surface area contributed by atoms with E-state index in [-0.39, 0.29) is 0 Å². The van der Waals surface area contributed by atoms with Crippen molar-refractivity contribution in [2.24, 2.45) is 0 Å². The van der Waals surface area contributed by atoms with E-state index in [0.29, 0.717) is 0 Å². The number of aromatic nitrogens is 2. The van der Waals surface area contributed by atoms with Crippen molar-refractivity contribution in [1.29, 1.82) is 0 Å². The van der Waals surface area contributed by atoms with Gasteiger partial charge in [0, 0.05) is 0 Å². The van der Waals surface area contributed by atoms with E-state index in [4.69, 9.17) is 40.2 Å². The summed E-state index contributed by atoms with van der Waals surface area (Å²) in [5.41, 5.74) is 0. The van der Waals surface area contributed by atoms with Crippen molar-refractivity contribution in [1.82, 2.24) is 4.57 Å². The topological polar surface area (TPSA) is 8.81 Å². The summed E-state index contributed by atoms with van der Waals surface area (Å²) < 4.78 is 4.55. The van der Waals surface area contributed by atoms with Crippen molar-refractivity contribution < 1.29 is 4.57 Å². The lowest BCUT2D eigenvalue weighted by Gasteiger charge is -1.97. The molecule has 0 saturated carbocycles. The zero-order valence-electron chi connectivity index (χ0n) is 11.0. The second kappa shape index (κ2) is 10.7. The van der Waals surface area contributed by atoms with Gasteiger partial charge in [0.15, 0.2) is 0 Å². The monoisotopic (exact) mass is 348 g/mol. The molecule has 0 bridgehead atoms. The third-order valence-electron chi connectivity index (χ3n) is 2.29. The van der Waals surface area contributed by atoms with Crippen LogP contribution in [0.5, 0.6) is 0 Å². The second-order valence-electron chi connectivity index (χ2n) is 4.09. The van der Waals surface area contributed by atoms with Crippen molar-refractivity contribution >= 4 is 49.6 Å². The Kier molecular flexibility index (Phi) is 11.2. The predicted octanol–water partition coefficient (Wildman–Crippen LogP) is 4.75. The number of imidazole rings is 1. The summed E-state index contributed by atoms with van der Waals surface area (Å²) >= 11 is 0. The number of hydrogen-bond acceptors (Lipinski definition) is 0. The third-order valence-corrected chi connectivity index (χ3v) is 2.29. The zero-order chi connectivity index (χ0) is 14.0. The van der Waals surface area contributed by atoms with Crippen LogP contribution in [0.4, 0.5) is 0 Å². The molecule has 0 fully saturated rings. The van der Waals surface area contributed by atoms with Crippen LogP contribution in [0, 0.1) is 0 Å². The summed E-state index contributed by atoms with van der Waals surface area (Å²) in [5.74, 6) is 0. The standard InChI is InChI=1S/C11H21N2.Al.4ClH/c1-3-5-7-12-9-10-13(11-12)8-6-4-2;;;;;/h9-11H,3-8H2,1-2H3;;4*1H/q+1;+3;;;;/p-4. The molecule has 1 rings (SSSR count). The lowest BCUT2D eigenvalue weighted by Crippen LogP contribution is -2.30. The van der Waals surface area contributed by atoms with E-state index < -0.39 is 9.39 Å². The summed E-state index contributed by atoms with van der Waals surface area (Å²) in [6.45, 7) is 6.79. The van der Waals surface area contributed by atoms with Gasteiger partial charge in [-0.3, -0.25) is 0 Å². The number of hydrogen-bond donors (Lipinski definition) is 0. The Hall–Kier alpha value is 0.902. The Morgan fingerprint density at radius 1 is 1.06 bits per heavy atom. The van der Waals surface area contributed by atoms with Crippen LogP contribution in [0.3, 0.4) is 0 Å². The van der Waals surface area contributed by atoms with Crippen molar-refractivity contribution in [3.63, 3.8) is 0 Å². The Bertz CT molecular complexity index is 284. The third kappa shape index (κ3) is 13.3. The van der Waals surface area contributed by atoms with Crippen molar-refractivity contribution in [2.45, 2.75) is 52.6 Å². The fourth-order valence-corrected chi connectivity index (χ4v) is 1.38. The lowest BCUT2D eigenvalue weighted by atomic mass is 10.3. The van der Waals surface area contributed by atoms with Gasteiger partial charge >= 0.3 is 9.39 Å². The van der Waals surface area contributed by atoms with E-state index in [2.05, 4.69) is 41.7 Å². The fourth-order valence-electron chi connectivity index (χ4n) is 1.38. The van der Waals surface area contributed by atoms with Gasteiger partial charge in [-0.15, -0.1) is 0 Å². The van der Waals surface area contributed by atoms with Gasteiger partial charge in [0.05, 0.1) is 13.1 Å². The highest BCUT2D eigenvalue weighted by atomic mass is 35.9. The van der Waals surface area contributed by atoms with Gasteiger partial charge in [0.1, 0.15) is 12.4 Å². The van der Waals surface area contributed by atoms with Crippen LogP contribution in [-0.4, -0.2) is 14.0 Å². The molecule has 0 atom stereocenters. The largest absolute Gasteiger partial charge is 0.564 e. The zero-order valence-corrected chi connectivity index (χ0v) is 15.1. The molecule has 1 heterocycles. The maximum Gasteiger partial charge on any atom is 0.564 e. The van der Waals surface area contributed by atoms with Gasteiger partial charge in [0.2, 0.25) is 6.33 Å². The second-order valence-corrected chi connectivity index (χ2v) is 17.0. The van der Waals surface area contributed by atoms with Gasteiger partial charge < -0.3 is 40.2 Å². The number of rotatable bonds is 6. The first-order valence-electron chi connectivity index (χ1n) is 6.29. The summed E-state index contributed by atoms with van der Waals surface area (Å²) in [6, 6.07) is 0. The summed E-state index contributed by atoms with van der Waals surface area (Å²) in [7, 11) is 17.0. The van der Waals surface area contributed by atoms with Crippen LogP contribution in [-0.2, 0) is 13.1 Å². The first-order chi connectivity index (χ1) is 8.36. The Labute approximate surface area is 129 Å². The molecule has 0 saturated heterocycles. The molecule has 0 N–H and O–H groups in total.